The zero-order valence-electron chi connectivity index (χ0n) is 12.7. The van der Waals surface area contributed by atoms with Gasteiger partial charge in [-0.1, -0.05) is 32.0 Å². The molecule has 2 amide bonds. The zero-order chi connectivity index (χ0) is 17.0. The Bertz CT molecular complexity index is 672. The number of esters is 1. The number of carbonyl (C=O) groups is 3. The minimum absolute atomic E-state index is 0.0803. The highest BCUT2D eigenvalue weighted by atomic mass is 32.2. The molecule has 0 N–H and O–H groups in total. The van der Waals surface area contributed by atoms with Crippen molar-refractivity contribution in [2.24, 2.45) is 5.92 Å². The lowest BCUT2D eigenvalue weighted by Crippen LogP contribution is -2.34. The summed E-state index contributed by atoms with van der Waals surface area (Å²) in [5, 5.41) is -0.570. The fourth-order valence-corrected chi connectivity index (χ4v) is 2.63. The van der Waals surface area contributed by atoms with E-state index in [9.17, 15) is 18.8 Å². The fraction of sp³-hybridized carbons (Fsp3) is 0.312. The predicted molar refractivity (Wildman–Crippen MR) is 84.9 cm³/mol. The Morgan fingerprint density at radius 1 is 1.35 bits per heavy atom. The van der Waals surface area contributed by atoms with Gasteiger partial charge in [-0.15, -0.1) is 0 Å². The molecule has 1 fully saturated rings. The minimum Gasteiger partial charge on any atom is -0.464 e. The van der Waals surface area contributed by atoms with Gasteiger partial charge in [0.2, 0.25) is 0 Å². The van der Waals surface area contributed by atoms with Gasteiger partial charge in [-0.2, -0.15) is 0 Å². The number of benzene rings is 1. The van der Waals surface area contributed by atoms with E-state index in [-0.39, 0.29) is 23.0 Å². The molecular formula is C16H16FNO4S. The van der Waals surface area contributed by atoms with Crippen molar-refractivity contribution in [3.8, 4) is 0 Å². The topological polar surface area (TPSA) is 63.7 Å². The number of hydrogen-bond donors (Lipinski definition) is 0. The normalized spacial score (nSPS) is 16.5. The van der Waals surface area contributed by atoms with Gasteiger partial charge in [0.1, 0.15) is 12.4 Å². The Hall–Kier alpha value is -2.15. The van der Waals surface area contributed by atoms with E-state index in [4.69, 9.17) is 4.74 Å². The van der Waals surface area contributed by atoms with Crippen molar-refractivity contribution < 1.29 is 23.5 Å². The van der Waals surface area contributed by atoms with Crippen molar-refractivity contribution in [3.05, 3.63) is 40.6 Å². The van der Waals surface area contributed by atoms with E-state index in [1.54, 1.807) is 6.07 Å². The highest BCUT2D eigenvalue weighted by Crippen LogP contribution is 2.32. The van der Waals surface area contributed by atoms with Gasteiger partial charge >= 0.3 is 5.97 Å². The Kier molecular flexibility index (Phi) is 5.54. The van der Waals surface area contributed by atoms with E-state index in [1.165, 1.54) is 24.3 Å². The second kappa shape index (κ2) is 7.41. The van der Waals surface area contributed by atoms with Gasteiger partial charge in [-0.25, -0.2) is 4.39 Å². The van der Waals surface area contributed by atoms with Crippen molar-refractivity contribution in [2.45, 2.75) is 13.8 Å². The lowest BCUT2D eigenvalue weighted by molar-refractivity contribution is -0.147. The average Bonchev–Trinajstić information content (AvgIpc) is 2.75. The van der Waals surface area contributed by atoms with Gasteiger partial charge in [0.25, 0.3) is 11.1 Å². The van der Waals surface area contributed by atoms with Gasteiger partial charge in [-0.05, 0) is 29.8 Å². The van der Waals surface area contributed by atoms with Crippen LogP contribution in [0.25, 0.3) is 6.08 Å². The molecule has 122 valence electrons. The molecule has 0 unspecified atom stereocenters. The fourth-order valence-electron chi connectivity index (χ4n) is 1.80. The van der Waals surface area contributed by atoms with Crippen LogP contribution in [0.4, 0.5) is 9.18 Å². The Balaban J connectivity index is 2.08. The number of rotatable bonds is 5. The Morgan fingerprint density at radius 2 is 2.04 bits per heavy atom. The number of hydrogen-bond acceptors (Lipinski definition) is 5. The molecule has 7 heteroatoms. The summed E-state index contributed by atoms with van der Waals surface area (Å²) in [5.74, 6) is -1.59. The molecule has 1 aromatic rings. The molecule has 23 heavy (non-hydrogen) atoms. The van der Waals surface area contributed by atoms with Crippen molar-refractivity contribution >= 4 is 35.0 Å². The summed E-state index contributed by atoms with van der Waals surface area (Å²) in [4.78, 5) is 36.6. The maximum Gasteiger partial charge on any atom is 0.326 e. The molecule has 2 rings (SSSR count). The van der Waals surface area contributed by atoms with Gasteiger partial charge in [0.05, 0.1) is 11.5 Å². The molecule has 1 heterocycles. The van der Waals surface area contributed by atoms with E-state index in [1.807, 2.05) is 13.8 Å². The van der Waals surface area contributed by atoms with Crippen molar-refractivity contribution in [1.29, 1.82) is 0 Å². The second-order valence-corrected chi connectivity index (χ2v) is 6.36. The van der Waals surface area contributed by atoms with Crippen LogP contribution in [0.1, 0.15) is 19.4 Å². The minimum atomic E-state index is -0.645. The third-order valence-electron chi connectivity index (χ3n) is 2.93. The monoisotopic (exact) mass is 337 g/mol. The van der Waals surface area contributed by atoms with E-state index in [0.717, 1.165) is 4.90 Å². The molecule has 1 aliphatic rings. The predicted octanol–water partition coefficient (Wildman–Crippen LogP) is 3.06. The van der Waals surface area contributed by atoms with Crippen LogP contribution in [-0.2, 0) is 14.3 Å². The first-order valence-corrected chi connectivity index (χ1v) is 7.85. The van der Waals surface area contributed by atoms with Crippen LogP contribution in [0.5, 0.6) is 0 Å². The largest absolute Gasteiger partial charge is 0.464 e. The summed E-state index contributed by atoms with van der Waals surface area (Å²) in [6.07, 6.45) is 1.31. The van der Waals surface area contributed by atoms with Crippen LogP contribution in [-0.4, -0.2) is 35.2 Å². The molecule has 1 aliphatic heterocycles. The van der Waals surface area contributed by atoms with Gasteiger partial charge in [-0.3, -0.25) is 19.3 Å². The highest BCUT2D eigenvalue weighted by Gasteiger charge is 2.36. The molecule has 5 nitrogen and oxygen atoms in total. The molecule has 0 aliphatic carbocycles. The standard InChI is InChI=1S/C16H16FNO4S/c1-10(2)9-22-14(19)8-18-15(20)13(23-16(18)21)7-11-5-3-4-6-12(11)17/h3-7,10H,8-9H2,1-2H3/b13-7+. The van der Waals surface area contributed by atoms with Gasteiger partial charge in [0.15, 0.2) is 0 Å². The maximum absolute atomic E-state index is 13.6. The second-order valence-electron chi connectivity index (χ2n) is 5.37. The van der Waals surface area contributed by atoms with Crippen molar-refractivity contribution in [2.75, 3.05) is 13.2 Å². The van der Waals surface area contributed by atoms with Gasteiger partial charge in [0, 0.05) is 5.56 Å². The highest BCUT2D eigenvalue weighted by molar-refractivity contribution is 8.18. The lowest BCUT2D eigenvalue weighted by Gasteiger charge is -2.12. The maximum atomic E-state index is 13.6. The van der Waals surface area contributed by atoms with E-state index in [0.29, 0.717) is 11.8 Å². The van der Waals surface area contributed by atoms with Crippen LogP contribution in [0.2, 0.25) is 0 Å². The van der Waals surface area contributed by atoms with Gasteiger partial charge < -0.3 is 4.74 Å². The Labute approximate surface area is 137 Å². The van der Waals surface area contributed by atoms with Crippen LogP contribution in [0.15, 0.2) is 29.2 Å². The van der Waals surface area contributed by atoms with Crippen LogP contribution in [0.3, 0.4) is 0 Å². The zero-order valence-corrected chi connectivity index (χ0v) is 13.6. The van der Waals surface area contributed by atoms with Crippen molar-refractivity contribution in [1.82, 2.24) is 4.90 Å². The number of carbonyl (C=O) groups excluding carboxylic acids is 3. The summed E-state index contributed by atoms with van der Waals surface area (Å²) in [6.45, 7) is 3.54. The number of amides is 2. The first-order chi connectivity index (χ1) is 10.9. The number of thioether (sulfide) groups is 1. The number of imide groups is 1. The van der Waals surface area contributed by atoms with E-state index < -0.39 is 29.5 Å². The summed E-state index contributed by atoms with van der Waals surface area (Å²) in [7, 11) is 0. The smallest absolute Gasteiger partial charge is 0.326 e. The molecule has 0 atom stereocenters. The molecule has 1 aromatic carbocycles. The molecule has 0 bridgehead atoms. The summed E-state index contributed by atoms with van der Waals surface area (Å²) in [5.41, 5.74) is 0.209. The number of halogens is 1. The Morgan fingerprint density at radius 3 is 2.70 bits per heavy atom. The third kappa shape index (κ3) is 4.41. The third-order valence-corrected chi connectivity index (χ3v) is 3.84. The van der Waals surface area contributed by atoms with E-state index in [2.05, 4.69) is 0 Å². The first-order valence-electron chi connectivity index (χ1n) is 7.04. The number of ether oxygens (including phenoxy) is 1. The van der Waals surface area contributed by atoms with Crippen molar-refractivity contribution in [3.63, 3.8) is 0 Å². The summed E-state index contributed by atoms with van der Waals surface area (Å²) >= 11 is 0.676. The summed E-state index contributed by atoms with van der Waals surface area (Å²) in [6, 6.07) is 5.92. The molecule has 0 spiro atoms. The molecule has 1 saturated heterocycles. The van der Waals surface area contributed by atoms with Crippen LogP contribution >= 0.6 is 11.8 Å². The molecular weight excluding hydrogens is 321 g/mol. The molecule has 0 aromatic heterocycles. The summed E-state index contributed by atoms with van der Waals surface area (Å²) < 4.78 is 18.6. The van der Waals surface area contributed by atoms with E-state index >= 15 is 0 Å². The number of nitrogens with zero attached hydrogens (tertiary/aromatic N) is 1. The first kappa shape index (κ1) is 17.2. The van der Waals surface area contributed by atoms with Crippen LogP contribution < -0.4 is 0 Å². The quantitative estimate of drug-likeness (QED) is 0.610. The SMILES string of the molecule is CC(C)COC(=O)CN1C(=O)S/C(=C/c2ccccc2F)C1=O. The lowest BCUT2D eigenvalue weighted by atomic mass is 10.2. The molecule has 0 radical (unpaired) electrons. The van der Waals surface area contributed by atoms with Crippen LogP contribution in [0, 0.1) is 11.7 Å². The molecule has 0 saturated carbocycles. The average molecular weight is 337 g/mol.